The van der Waals surface area contributed by atoms with Gasteiger partial charge in [0.15, 0.2) is 0 Å². The van der Waals surface area contributed by atoms with E-state index in [-0.39, 0.29) is 18.0 Å². The number of aryl methyl sites for hydroxylation is 1. The zero-order valence-electron chi connectivity index (χ0n) is 14.9. The molecule has 0 aliphatic rings. The molecular formula is C20H17N3O3S. The molecule has 27 heavy (non-hydrogen) atoms. The van der Waals surface area contributed by atoms with Gasteiger partial charge in [-0.1, -0.05) is 24.3 Å². The predicted octanol–water partition coefficient (Wildman–Crippen LogP) is 3.57. The molecule has 0 fully saturated rings. The second kappa shape index (κ2) is 6.85. The number of anilines is 1. The van der Waals surface area contributed by atoms with E-state index >= 15 is 0 Å². The van der Waals surface area contributed by atoms with Gasteiger partial charge in [-0.3, -0.25) is 14.2 Å². The molecule has 0 saturated heterocycles. The molecule has 0 saturated carbocycles. The van der Waals surface area contributed by atoms with Crippen LogP contribution in [0.3, 0.4) is 0 Å². The van der Waals surface area contributed by atoms with Crippen molar-refractivity contribution in [1.82, 2.24) is 9.55 Å². The van der Waals surface area contributed by atoms with E-state index in [0.717, 1.165) is 15.6 Å². The van der Waals surface area contributed by atoms with E-state index in [1.165, 1.54) is 22.2 Å². The molecule has 2 aromatic heterocycles. The van der Waals surface area contributed by atoms with Crippen molar-refractivity contribution in [2.24, 2.45) is 0 Å². The number of aromatic nitrogens is 2. The van der Waals surface area contributed by atoms with Gasteiger partial charge in [-0.05, 0) is 30.7 Å². The molecule has 136 valence electrons. The van der Waals surface area contributed by atoms with Crippen LogP contribution in [-0.4, -0.2) is 22.6 Å². The van der Waals surface area contributed by atoms with Crippen molar-refractivity contribution in [1.29, 1.82) is 0 Å². The van der Waals surface area contributed by atoms with Crippen LogP contribution in [0.5, 0.6) is 5.75 Å². The lowest BCUT2D eigenvalue weighted by Crippen LogP contribution is -2.27. The molecule has 0 aliphatic heterocycles. The van der Waals surface area contributed by atoms with E-state index in [4.69, 9.17) is 4.74 Å². The summed E-state index contributed by atoms with van der Waals surface area (Å²) in [4.78, 5) is 29.7. The Hall–Kier alpha value is -3.19. The highest BCUT2D eigenvalue weighted by molar-refractivity contribution is 7.25. The number of ether oxygens (including phenoxy) is 1. The molecule has 6 nitrogen and oxygen atoms in total. The molecule has 0 radical (unpaired) electrons. The first-order chi connectivity index (χ1) is 13.1. The Morgan fingerprint density at radius 1 is 1.26 bits per heavy atom. The predicted molar refractivity (Wildman–Crippen MR) is 108 cm³/mol. The van der Waals surface area contributed by atoms with Crippen LogP contribution in [0.25, 0.3) is 20.3 Å². The fourth-order valence-electron chi connectivity index (χ4n) is 2.99. The molecule has 1 N–H and O–H groups in total. The normalized spacial score (nSPS) is 11.0. The highest BCUT2D eigenvalue weighted by Crippen LogP contribution is 2.29. The quantitative estimate of drug-likeness (QED) is 0.588. The SMILES string of the molecule is COc1ccc(C)cc1NC(=O)Cn1cnc2c(sc3ccccc32)c1=O. The van der Waals surface area contributed by atoms with Crippen molar-refractivity contribution in [3.8, 4) is 5.75 Å². The Bertz CT molecular complexity index is 1230. The lowest BCUT2D eigenvalue weighted by atomic mass is 10.2. The number of nitrogens with zero attached hydrogens (tertiary/aromatic N) is 2. The van der Waals surface area contributed by atoms with Crippen molar-refractivity contribution in [2.45, 2.75) is 13.5 Å². The summed E-state index contributed by atoms with van der Waals surface area (Å²) in [6.45, 7) is 1.81. The van der Waals surface area contributed by atoms with Crippen molar-refractivity contribution in [3.05, 3.63) is 64.7 Å². The van der Waals surface area contributed by atoms with Gasteiger partial charge >= 0.3 is 0 Å². The van der Waals surface area contributed by atoms with Gasteiger partial charge in [0.25, 0.3) is 5.56 Å². The molecule has 4 aromatic rings. The van der Waals surface area contributed by atoms with Gasteiger partial charge in [0.2, 0.25) is 5.91 Å². The van der Waals surface area contributed by atoms with Crippen LogP contribution in [-0.2, 0) is 11.3 Å². The van der Waals surface area contributed by atoms with Crippen LogP contribution in [0.2, 0.25) is 0 Å². The third-order valence-electron chi connectivity index (χ3n) is 4.29. The van der Waals surface area contributed by atoms with Gasteiger partial charge in [-0.25, -0.2) is 4.98 Å². The highest BCUT2D eigenvalue weighted by Gasteiger charge is 2.14. The summed E-state index contributed by atoms with van der Waals surface area (Å²) in [5, 5.41) is 3.76. The number of carbonyl (C=O) groups excluding carboxylic acids is 1. The summed E-state index contributed by atoms with van der Waals surface area (Å²) in [5.41, 5.74) is 2.04. The second-order valence-corrected chi connectivity index (χ2v) is 7.26. The Kier molecular flexibility index (Phi) is 4.37. The van der Waals surface area contributed by atoms with Gasteiger partial charge < -0.3 is 10.1 Å². The minimum Gasteiger partial charge on any atom is -0.495 e. The number of thiophene rings is 1. The monoisotopic (exact) mass is 379 g/mol. The number of carbonyl (C=O) groups is 1. The summed E-state index contributed by atoms with van der Waals surface area (Å²) in [5.74, 6) is 0.252. The average molecular weight is 379 g/mol. The number of methoxy groups -OCH3 is 1. The molecule has 0 unspecified atom stereocenters. The van der Waals surface area contributed by atoms with E-state index < -0.39 is 0 Å². The first-order valence-corrected chi connectivity index (χ1v) is 9.19. The lowest BCUT2D eigenvalue weighted by molar-refractivity contribution is -0.116. The highest BCUT2D eigenvalue weighted by atomic mass is 32.1. The van der Waals surface area contributed by atoms with Crippen molar-refractivity contribution < 1.29 is 9.53 Å². The van der Waals surface area contributed by atoms with Crippen LogP contribution in [0.1, 0.15) is 5.56 Å². The van der Waals surface area contributed by atoms with Crippen LogP contribution >= 0.6 is 11.3 Å². The summed E-state index contributed by atoms with van der Waals surface area (Å²) in [6, 6.07) is 13.3. The molecular weight excluding hydrogens is 362 g/mol. The number of rotatable bonds is 4. The molecule has 0 spiro atoms. The molecule has 4 rings (SSSR count). The molecule has 7 heteroatoms. The largest absolute Gasteiger partial charge is 0.495 e. The number of nitrogens with one attached hydrogen (secondary N) is 1. The van der Waals surface area contributed by atoms with Crippen LogP contribution in [0, 0.1) is 6.92 Å². The Labute approximate surface area is 159 Å². The van der Waals surface area contributed by atoms with E-state index in [9.17, 15) is 9.59 Å². The van der Waals surface area contributed by atoms with Gasteiger partial charge in [-0.15, -0.1) is 11.3 Å². The average Bonchev–Trinajstić information content (AvgIpc) is 3.04. The third kappa shape index (κ3) is 3.17. The standard InChI is InChI=1S/C20H17N3O3S/c1-12-7-8-15(26-2)14(9-12)22-17(24)10-23-11-21-18-13-5-3-4-6-16(13)27-19(18)20(23)25/h3-9,11H,10H2,1-2H3,(H,22,24). The van der Waals surface area contributed by atoms with E-state index in [1.54, 1.807) is 13.2 Å². The maximum atomic E-state index is 12.8. The molecule has 2 heterocycles. The molecule has 0 bridgehead atoms. The van der Waals surface area contributed by atoms with Gasteiger partial charge in [0, 0.05) is 10.1 Å². The summed E-state index contributed by atoms with van der Waals surface area (Å²) < 4.78 is 8.16. The maximum Gasteiger partial charge on any atom is 0.271 e. The Morgan fingerprint density at radius 3 is 2.89 bits per heavy atom. The first kappa shape index (κ1) is 17.2. The van der Waals surface area contributed by atoms with Gasteiger partial charge in [-0.2, -0.15) is 0 Å². The fourth-order valence-corrected chi connectivity index (χ4v) is 4.10. The number of hydrogen-bond donors (Lipinski definition) is 1. The smallest absolute Gasteiger partial charge is 0.271 e. The number of hydrogen-bond acceptors (Lipinski definition) is 5. The van der Waals surface area contributed by atoms with E-state index in [0.29, 0.717) is 21.7 Å². The Balaban J connectivity index is 1.64. The number of amides is 1. The topological polar surface area (TPSA) is 73.2 Å². The number of benzene rings is 2. The second-order valence-electron chi connectivity index (χ2n) is 6.21. The van der Waals surface area contributed by atoms with Crippen molar-refractivity contribution in [2.75, 3.05) is 12.4 Å². The third-order valence-corrected chi connectivity index (χ3v) is 5.44. The first-order valence-electron chi connectivity index (χ1n) is 8.38. The zero-order valence-corrected chi connectivity index (χ0v) is 15.7. The van der Waals surface area contributed by atoms with Crippen molar-refractivity contribution in [3.63, 3.8) is 0 Å². The molecule has 0 atom stereocenters. The van der Waals surface area contributed by atoms with Crippen LogP contribution in [0.15, 0.2) is 53.6 Å². The summed E-state index contributed by atoms with van der Waals surface area (Å²) in [6.07, 6.45) is 1.43. The van der Waals surface area contributed by atoms with E-state index in [1.807, 2.05) is 43.3 Å². The zero-order chi connectivity index (χ0) is 19.0. The maximum absolute atomic E-state index is 12.8. The minimum atomic E-state index is -0.316. The Morgan fingerprint density at radius 2 is 2.07 bits per heavy atom. The van der Waals surface area contributed by atoms with Crippen molar-refractivity contribution >= 4 is 43.2 Å². The molecule has 0 aliphatic carbocycles. The molecule has 2 aromatic carbocycles. The van der Waals surface area contributed by atoms with E-state index in [2.05, 4.69) is 10.3 Å². The van der Waals surface area contributed by atoms with Gasteiger partial charge in [0.1, 0.15) is 17.0 Å². The minimum absolute atomic E-state index is 0.118. The lowest BCUT2D eigenvalue weighted by Gasteiger charge is -2.11. The fraction of sp³-hybridized carbons (Fsp3) is 0.150. The summed E-state index contributed by atoms with van der Waals surface area (Å²) in [7, 11) is 1.55. The summed E-state index contributed by atoms with van der Waals surface area (Å²) >= 11 is 1.39. The molecule has 1 amide bonds. The van der Waals surface area contributed by atoms with Crippen LogP contribution in [0.4, 0.5) is 5.69 Å². The van der Waals surface area contributed by atoms with Crippen LogP contribution < -0.4 is 15.6 Å². The number of fused-ring (bicyclic) bond motifs is 3. The van der Waals surface area contributed by atoms with Gasteiger partial charge in [0.05, 0.1) is 24.6 Å².